The third-order valence-electron chi connectivity index (χ3n) is 3.74. The Labute approximate surface area is 115 Å². The van der Waals surface area contributed by atoms with Crippen molar-refractivity contribution in [3.8, 4) is 0 Å². The van der Waals surface area contributed by atoms with Gasteiger partial charge in [-0.1, -0.05) is 25.1 Å². The number of benzene rings is 1. The molecule has 0 aliphatic heterocycles. The standard InChI is InChI=1S/C16H23NO2/c1-12(11-18)10-17-16(19)9-13-6-7-14-4-2-3-5-15(14)8-13/h6-8,12,18H,2-5,9-11H2,1H3,(H,17,19). The number of amides is 1. The van der Waals surface area contributed by atoms with Crippen molar-refractivity contribution >= 4 is 5.91 Å². The third kappa shape index (κ3) is 4.06. The van der Waals surface area contributed by atoms with Crippen molar-refractivity contribution in [3.05, 3.63) is 34.9 Å². The number of carbonyl (C=O) groups is 1. The maximum Gasteiger partial charge on any atom is 0.224 e. The fourth-order valence-corrected chi connectivity index (χ4v) is 2.50. The van der Waals surface area contributed by atoms with E-state index in [1.54, 1.807) is 0 Å². The van der Waals surface area contributed by atoms with E-state index < -0.39 is 0 Å². The predicted molar refractivity (Wildman–Crippen MR) is 76.0 cm³/mol. The molecule has 1 atom stereocenters. The van der Waals surface area contributed by atoms with Crippen molar-refractivity contribution in [2.24, 2.45) is 5.92 Å². The van der Waals surface area contributed by atoms with Crippen LogP contribution in [0.1, 0.15) is 36.5 Å². The van der Waals surface area contributed by atoms with E-state index >= 15 is 0 Å². The fourth-order valence-electron chi connectivity index (χ4n) is 2.50. The first-order valence-electron chi connectivity index (χ1n) is 7.17. The highest BCUT2D eigenvalue weighted by Gasteiger charge is 2.11. The van der Waals surface area contributed by atoms with Crippen molar-refractivity contribution in [1.82, 2.24) is 5.32 Å². The predicted octanol–water partition coefficient (Wildman–Crippen LogP) is 1.85. The third-order valence-corrected chi connectivity index (χ3v) is 3.74. The fraction of sp³-hybridized carbons (Fsp3) is 0.562. The van der Waals surface area contributed by atoms with E-state index in [2.05, 4.69) is 23.5 Å². The zero-order valence-corrected chi connectivity index (χ0v) is 11.6. The van der Waals surface area contributed by atoms with Crippen LogP contribution in [0.5, 0.6) is 0 Å². The van der Waals surface area contributed by atoms with E-state index in [1.165, 1.54) is 30.4 Å². The van der Waals surface area contributed by atoms with Crippen LogP contribution < -0.4 is 5.32 Å². The number of hydrogen-bond acceptors (Lipinski definition) is 2. The highest BCUT2D eigenvalue weighted by atomic mass is 16.3. The van der Waals surface area contributed by atoms with E-state index in [4.69, 9.17) is 5.11 Å². The smallest absolute Gasteiger partial charge is 0.224 e. The van der Waals surface area contributed by atoms with E-state index in [0.717, 1.165) is 12.0 Å². The topological polar surface area (TPSA) is 49.3 Å². The molecule has 0 fully saturated rings. The second-order valence-electron chi connectivity index (χ2n) is 5.58. The van der Waals surface area contributed by atoms with Gasteiger partial charge in [0.2, 0.25) is 5.91 Å². The van der Waals surface area contributed by atoms with Gasteiger partial charge in [-0.15, -0.1) is 0 Å². The average Bonchev–Trinajstić information content (AvgIpc) is 2.44. The van der Waals surface area contributed by atoms with Crippen LogP contribution in [0.4, 0.5) is 0 Å². The van der Waals surface area contributed by atoms with E-state index in [1.807, 2.05) is 6.92 Å². The van der Waals surface area contributed by atoms with Gasteiger partial charge in [-0.2, -0.15) is 0 Å². The summed E-state index contributed by atoms with van der Waals surface area (Å²) >= 11 is 0. The van der Waals surface area contributed by atoms with Crippen molar-refractivity contribution in [1.29, 1.82) is 0 Å². The molecule has 1 aliphatic rings. The maximum atomic E-state index is 11.8. The molecular weight excluding hydrogens is 238 g/mol. The zero-order valence-electron chi connectivity index (χ0n) is 11.6. The van der Waals surface area contributed by atoms with Gasteiger partial charge in [0.15, 0.2) is 0 Å². The molecule has 0 saturated carbocycles. The number of aliphatic hydroxyl groups is 1. The number of nitrogens with one attached hydrogen (secondary N) is 1. The molecular formula is C16H23NO2. The zero-order chi connectivity index (χ0) is 13.7. The number of fused-ring (bicyclic) bond motifs is 1. The minimum Gasteiger partial charge on any atom is -0.396 e. The minimum atomic E-state index is 0.0380. The van der Waals surface area contributed by atoms with Crippen LogP contribution in [-0.2, 0) is 24.1 Å². The van der Waals surface area contributed by atoms with Gasteiger partial charge in [-0.3, -0.25) is 4.79 Å². The molecule has 0 radical (unpaired) electrons. The second-order valence-corrected chi connectivity index (χ2v) is 5.58. The Morgan fingerprint density at radius 2 is 2.05 bits per heavy atom. The number of aryl methyl sites for hydroxylation is 2. The van der Waals surface area contributed by atoms with Crippen molar-refractivity contribution in [2.45, 2.75) is 39.0 Å². The normalized spacial score (nSPS) is 15.7. The average molecular weight is 261 g/mol. The van der Waals surface area contributed by atoms with Gasteiger partial charge < -0.3 is 10.4 Å². The summed E-state index contributed by atoms with van der Waals surface area (Å²) in [5.74, 6) is 0.156. The van der Waals surface area contributed by atoms with Crippen LogP contribution in [0.3, 0.4) is 0 Å². The molecule has 0 saturated heterocycles. The lowest BCUT2D eigenvalue weighted by molar-refractivity contribution is -0.120. The highest BCUT2D eigenvalue weighted by molar-refractivity contribution is 5.78. The molecule has 1 aromatic carbocycles. The number of hydrogen-bond donors (Lipinski definition) is 2. The summed E-state index contributed by atoms with van der Waals surface area (Å²) in [4.78, 5) is 11.8. The molecule has 1 aromatic rings. The summed E-state index contributed by atoms with van der Waals surface area (Å²) in [6.07, 6.45) is 5.30. The number of rotatable bonds is 5. The van der Waals surface area contributed by atoms with E-state index in [9.17, 15) is 4.79 Å². The van der Waals surface area contributed by atoms with E-state index in [0.29, 0.717) is 13.0 Å². The van der Waals surface area contributed by atoms with Crippen LogP contribution in [-0.4, -0.2) is 24.2 Å². The first-order valence-corrected chi connectivity index (χ1v) is 7.17. The summed E-state index contributed by atoms with van der Waals surface area (Å²) in [6, 6.07) is 6.43. The van der Waals surface area contributed by atoms with Gasteiger partial charge in [0, 0.05) is 13.2 Å². The summed E-state index contributed by atoms with van der Waals surface area (Å²) in [5.41, 5.74) is 3.96. The lowest BCUT2D eigenvalue weighted by Gasteiger charge is -2.16. The second kappa shape index (κ2) is 6.71. The SMILES string of the molecule is CC(CO)CNC(=O)Cc1ccc2c(c1)CCCC2. The Morgan fingerprint density at radius 1 is 1.32 bits per heavy atom. The van der Waals surface area contributed by atoms with Gasteiger partial charge in [-0.05, 0) is 48.3 Å². The molecule has 2 N–H and O–H groups in total. The van der Waals surface area contributed by atoms with Gasteiger partial charge >= 0.3 is 0 Å². The van der Waals surface area contributed by atoms with Gasteiger partial charge in [0.1, 0.15) is 0 Å². The molecule has 0 heterocycles. The molecule has 104 valence electrons. The largest absolute Gasteiger partial charge is 0.396 e. The van der Waals surface area contributed by atoms with Crippen LogP contribution in [0.25, 0.3) is 0 Å². The summed E-state index contributed by atoms with van der Waals surface area (Å²) in [7, 11) is 0. The molecule has 2 rings (SSSR count). The number of aliphatic hydroxyl groups excluding tert-OH is 1. The van der Waals surface area contributed by atoms with Gasteiger partial charge in [0.25, 0.3) is 0 Å². The van der Waals surface area contributed by atoms with Crippen LogP contribution in [0.15, 0.2) is 18.2 Å². The minimum absolute atomic E-state index is 0.0380. The van der Waals surface area contributed by atoms with E-state index in [-0.39, 0.29) is 18.4 Å². The lowest BCUT2D eigenvalue weighted by atomic mass is 9.90. The highest BCUT2D eigenvalue weighted by Crippen LogP contribution is 2.22. The Bertz CT molecular complexity index is 442. The molecule has 1 amide bonds. The molecule has 19 heavy (non-hydrogen) atoms. The molecule has 1 aliphatic carbocycles. The first-order chi connectivity index (χ1) is 9.19. The summed E-state index contributed by atoms with van der Waals surface area (Å²) < 4.78 is 0. The summed E-state index contributed by atoms with van der Waals surface area (Å²) in [5, 5.41) is 11.8. The van der Waals surface area contributed by atoms with Gasteiger partial charge in [-0.25, -0.2) is 0 Å². The Hall–Kier alpha value is -1.35. The monoisotopic (exact) mass is 261 g/mol. The maximum absolute atomic E-state index is 11.8. The van der Waals surface area contributed by atoms with Crippen molar-refractivity contribution in [2.75, 3.05) is 13.2 Å². The Kier molecular flexibility index (Phi) is 4.97. The Balaban J connectivity index is 1.90. The molecule has 3 heteroatoms. The molecule has 0 bridgehead atoms. The van der Waals surface area contributed by atoms with Crippen LogP contribution >= 0.6 is 0 Å². The first kappa shape index (κ1) is 14.1. The molecule has 1 unspecified atom stereocenters. The van der Waals surface area contributed by atoms with Crippen LogP contribution in [0, 0.1) is 5.92 Å². The number of carbonyl (C=O) groups excluding carboxylic acids is 1. The summed E-state index contributed by atoms with van der Waals surface area (Å²) in [6.45, 7) is 2.57. The van der Waals surface area contributed by atoms with Crippen LogP contribution in [0.2, 0.25) is 0 Å². The Morgan fingerprint density at radius 3 is 2.79 bits per heavy atom. The quantitative estimate of drug-likeness (QED) is 0.850. The lowest BCUT2D eigenvalue weighted by Crippen LogP contribution is -2.30. The molecule has 0 aromatic heterocycles. The van der Waals surface area contributed by atoms with Crippen molar-refractivity contribution < 1.29 is 9.90 Å². The van der Waals surface area contributed by atoms with Crippen molar-refractivity contribution in [3.63, 3.8) is 0 Å². The van der Waals surface area contributed by atoms with Gasteiger partial charge in [0.05, 0.1) is 6.42 Å². The molecule has 3 nitrogen and oxygen atoms in total. The molecule has 0 spiro atoms.